The molecule has 1 amide bonds. The van der Waals surface area contributed by atoms with Crippen molar-refractivity contribution in [2.45, 2.75) is 26.7 Å². The minimum atomic E-state index is -0.440. The van der Waals surface area contributed by atoms with Crippen LogP contribution in [0, 0.1) is 24.0 Å². The van der Waals surface area contributed by atoms with Gasteiger partial charge in [0.1, 0.15) is 0 Å². The lowest BCUT2D eigenvalue weighted by atomic mass is 10.1. The second-order valence-electron chi connectivity index (χ2n) is 7.68. The zero-order valence-electron chi connectivity index (χ0n) is 17.7. The predicted octanol–water partition coefficient (Wildman–Crippen LogP) is 4.35. The molecule has 0 bridgehead atoms. The van der Waals surface area contributed by atoms with Crippen LogP contribution in [0.5, 0.6) is 0 Å². The lowest BCUT2D eigenvalue weighted by Crippen LogP contribution is -2.34. The Morgan fingerprint density at radius 3 is 2.33 bits per heavy atom. The lowest BCUT2D eigenvalue weighted by molar-refractivity contribution is -0.384. The number of benzene rings is 2. The molecule has 1 aromatic heterocycles. The number of thiazole rings is 1. The van der Waals surface area contributed by atoms with E-state index in [1.54, 1.807) is 28.4 Å². The zero-order chi connectivity index (χ0) is 21.8. The highest BCUT2D eigenvalue weighted by Crippen LogP contribution is 2.33. The topological polar surface area (TPSA) is 79.6 Å². The molecule has 0 atom stereocenters. The van der Waals surface area contributed by atoms with Gasteiger partial charge in [-0.1, -0.05) is 35.6 Å². The molecular weight excluding hydrogens is 400 g/mol. The van der Waals surface area contributed by atoms with Gasteiger partial charge in [0, 0.05) is 18.7 Å². The highest BCUT2D eigenvalue weighted by Gasteiger charge is 2.21. The molecule has 1 heterocycles. The zero-order valence-corrected chi connectivity index (χ0v) is 18.5. The number of nitro groups is 1. The first-order valence-corrected chi connectivity index (χ1v) is 10.6. The first-order chi connectivity index (χ1) is 14.3. The molecule has 8 heteroatoms. The Hall–Kier alpha value is -2.84. The number of hydrogen-bond donors (Lipinski definition) is 0. The smallest absolute Gasteiger partial charge is 0.269 e. The maximum atomic E-state index is 13.2. The van der Waals surface area contributed by atoms with Gasteiger partial charge in [-0.2, -0.15) is 0 Å². The van der Waals surface area contributed by atoms with Gasteiger partial charge >= 0.3 is 0 Å². The van der Waals surface area contributed by atoms with Crippen LogP contribution >= 0.6 is 11.3 Å². The molecule has 3 aromatic rings. The molecular formula is C22H26N4O3S. The third kappa shape index (κ3) is 5.01. The summed E-state index contributed by atoms with van der Waals surface area (Å²) in [4.78, 5) is 32.3. The molecule has 0 aliphatic heterocycles. The van der Waals surface area contributed by atoms with Crippen LogP contribution in [0.1, 0.15) is 23.1 Å². The third-order valence-corrected chi connectivity index (χ3v) is 6.17. The lowest BCUT2D eigenvalue weighted by Gasteiger charge is -2.21. The van der Waals surface area contributed by atoms with E-state index in [1.165, 1.54) is 12.1 Å². The van der Waals surface area contributed by atoms with Gasteiger partial charge in [-0.05, 0) is 57.6 Å². The van der Waals surface area contributed by atoms with E-state index in [0.717, 1.165) is 39.9 Å². The van der Waals surface area contributed by atoms with Gasteiger partial charge in [-0.15, -0.1) is 0 Å². The normalized spacial score (nSPS) is 11.2. The number of rotatable bonds is 8. The Bertz CT molecular complexity index is 1020. The number of carbonyl (C=O) groups is 1. The number of hydrogen-bond acceptors (Lipinski definition) is 6. The molecule has 0 unspecified atom stereocenters. The second kappa shape index (κ2) is 9.32. The number of aryl methyl sites for hydroxylation is 2. The van der Waals surface area contributed by atoms with Crippen molar-refractivity contribution in [1.29, 1.82) is 0 Å². The fraction of sp³-hybridized carbons (Fsp3) is 0.364. The van der Waals surface area contributed by atoms with E-state index < -0.39 is 4.92 Å². The van der Waals surface area contributed by atoms with Crippen LogP contribution in [0.15, 0.2) is 36.4 Å². The Balaban J connectivity index is 1.88. The molecule has 0 aliphatic rings. The van der Waals surface area contributed by atoms with E-state index in [9.17, 15) is 14.9 Å². The average Bonchev–Trinajstić information content (AvgIpc) is 3.14. The van der Waals surface area contributed by atoms with Crippen molar-refractivity contribution in [2.75, 3.05) is 32.1 Å². The van der Waals surface area contributed by atoms with Gasteiger partial charge in [0.15, 0.2) is 5.13 Å². The highest BCUT2D eigenvalue weighted by atomic mass is 32.1. The molecule has 3 rings (SSSR count). The Morgan fingerprint density at radius 1 is 1.07 bits per heavy atom. The van der Waals surface area contributed by atoms with Crippen LogP contribution in [0.3, 0.4) is 0 Å². The number of aromatic nitrogens is 1. The molecule has 158 valence electrons. The summed E-state index contributed by atoms with van der Waals surface area (Å²) in [6.45, 7) is 5.52. The van der Waals surface area contributed by atoms with E-state index in [0.29, 0.717) is 11.7 Å². The molecule has 0 spiro atoms. The first kappa shape index (κ1) is 21.9. The molecule has 0 fully saturated rings. The third-order valence-electron chi connectivity index (χ3n) is 4.95. The van der Waals surface area contributed by atoms with E-state index in [2.05, 4.69) is 24.0 Å². The summed E-state index contributed by atoms with van der Waals surface area (Å²) < 4.78 is 1.10. The highest BCUT2D eigenvalue weighted by molar-refractivity contribution is 7.22. The number of carbonyl (C=O) groups excluding carboxylic acids is 1. The number of nitro benzene ring substituents is 1. The summed E-state index contributed by atoms with van der Waals surface area (Å²) in [7, 11) is 4.01. The van der Waals surface area contributed by atoms with Gasteiger partial charge in [0.05, 0.1) is 21.6 Å². The van der Waals surface area contributed by atoms with Crippen molar-refractivity contribution >= 4 is 38.3 Å². The van der Waals surface area contributed by atoms with E-state index in [4.69, 9.17) is 4.98 Å². The number of non-ortho nitro benzene ring substituents is 1. The SMILES string of the molecule is Cc1ccc(C)c2sc(N(CCCN(C)C)C(=O)Cc3ccc([N+](=O)[O-])cc3)nc12. The van der Waals surface area contributed by atoms with Crippen LogP contribution in [-0.2, 0) is 11.2 Å². The summed E-state index contributed by atoms with van der Waals surface area (Å²) in [5.74, 6) is -0.0584. The molecule has 7 nitrogen and oxygen atoms in total. The number of nitrogens with zero attached hydrogens (tertiary/aromatic N) is 4. The Morgan fingerprint density at radius 2 is 1.73 bits per heavy atom. The average molecular weight is 427 g/mol. The maximum Gasteiger partial charge on any atom is 0.269 e. The largest absolute Gasteiger partial charge is 0.309 e. The van der Waals surface area contributed by atoms with E-state index in [1.807, 2.05) is 21.0 Å². The van der Waals surface area contributed by atoms with Crippen LogP contribution < -0.4 is 4.90 Å². The molecule has 0 N–H and O–H groups in total. The fourth-order valence-electron chi connectivity index (χ4n) is 3.24. The minimum absolute atomic E-state index is 0.0196. The number of anilines is 1. The fourth-order valence-corrected chi connectivity index (χ4v) is 4.40. The van der Waals surface area contributed by atoms with E-state index in [-0.39, 0.29) is 18.0 Å². The number of fused-ring (bicyclic) bond motifs is 1. The van der Waals surface area contributed by atoms with Crippen molar-refractivity contribution in [3.63, 3.8) is 0 Å². The summed E-state index contributed by atoms with van der Waals surface area (Å²) >= 11 is 1.54. The van der Waals surface area contributed by atoms with Gasteiger partial charge in [0.25, 0.3) is 5.69 Å². The van der Waals surface area contributed by atoms with Crippen LogP contribution in [-0.4, -0.2) is 47.9 Å². The maximum absolute atomic E-state index is 13.2. The van der Waals surface area contributed by atoms with Crippen molar-refractivity contribution < 1.29 is 9.72 Å². The van der Waals surface area contributed by atoms with Crippen LogP contribution in [0.25, 0.3) is 10.2 Å². The van der Waals surface area contributed by atoms with Gasteiger partial charge < -0.3 is 4.90 Å². The van der Waals surface area contributed by atoms with Crippen LogP contribution in [0.4, 0.5) is 10.8 Å². The number of amides is 1. The summed E-state index contributed by atoms with van der Waals surface area (Å²) in [5, 5.41) is 11.6. The van der Waals surface area contributed by atoms with Crippen molar-refractivity contribution in [3.8, 4) is 0 Å². The molecule has 30 heavy (non-hydrogen) atoms. The van der Waals surface area contributed by atoms with Crippen molar-refractivity contribution in [2.24, 2.45) is 0 Å². The van der Waals surface area contributed by atoms with Crippen molar-refractivity contribution in [1.82, 2.24) is 9.88 Å². The molecule has 2 aromatic carbocycles. The summed E-state index contributed by atoms with van der Waals surface area (Å²) in [5.41, 5.74) is 3.95. The summed E-state index contributed by atoms with van der Waals surface area (Å²) in [6.07, 6.45) is 1.00. The summed E-state index contributed by atoms with van der Waals surface area (Å²) in [6, 6.07) is 10.3. The van der Waals surface area contributed by atoms with Crippen molar-refractivity contribution in [3.05, 3.63) is 63.2 Å². The second-order valence-corrected chi connectivity index (χ2v) is 8.65. The predicted molar refractivity (Wildman–Crippen MR) is 121 cm³/mol. The monoisotopic (exact) mass is 426 g/mol. The van der Waals surface area contributed by atoms with Crippen LogP contribution in [0.2, 0.25) is 0 Å². The first-order valence-electron chi connectivity index (χ1n) is 9.81. The standard InChI is InChI=1S/C22H26N4O3S/c1-15-6-7-16(2)21-20(15)23-22(30-21)25(13-5-12-24(3)4)19(27)14-17-8-10-18(11-9-17)26(28)29/h6-11H,5,12-14H2,1-4H3. The minimum Gasteiger partial charge on any atom is -0.309 e. The Kier molecular flexibility index (Phi) is 6.79. The molecule has 0 aliphatic carbocycles. The van der Waals surface area contributed by atoms with Gasteiger partial charge in [-0.3, -0.25) is 19.8 Å². The molecule has 0 saturated carbocycles. The molecule has 0 saturated heterocycles. The van der Waals surface area contributed by atoms with E-state index >= 15 is 0 Å². The van der Waals surface area contributed by atoms with Gasteiger partial charge in [-0.25, -0.2) is 4.98 Å². The van der Waals surface area contributed by atoms with Gasteiger partial charge in [0.2, 0.25) is 5.91 Å². The Labute approximate surface area is 180 Å². The molecule has 0 radical (unpaired) electrons. The quantitative estimate of drug-likeness (QED) is 0.395.